The van der Waals surface area contributed by atoms with Gasteiger partial charge >= 0.3 is 5.69 Å². The van der Waals surface area contributed by atoms with Crippen molar-refractivity contribution in [1.29, 1.82) is 0 Å². The maximum Gasteiger partial charge on any atom is 0.330 e. The molecule has 1 aromatic heterocycles. The average Bonchev–Trinajstić information content (AvgIpc) is 2.92. The monoisotopic (exact) mass is 502 g/mol. The first-order chi connectivity index (χ1) is 14.8. The van der Waals surface area contributed by atoms with Gasteiger partial charge in [-0.15, -0.1) is 0 Å². The van der Waals surface area contributed by atoms with Crippen LogP contribution in [0.25, 0.3) is 0 Å². The third-order valence-electron chi connectivity index (χ3n) is 6.64. The van der Waals surface area contributed by atoms with E-state index in [4.69, 9.17) is 13.6 Å². The summed E-state index contributed by atoms with van der Waals surface area (Å²) in [7, 11) is -3.73. The molecule has 1 fully saturated rings. The number of ether oxygens (including phenoxy) is 1. The number of carbonyl (C=O) groups excluding carboxylic acids is 1. The minimum atomic E-state index is -2.58. The Morgan fingerprint density at radius 2 is 1.76 bits per heavy atom. The minimum absolute atomic E-state index is 0.0832. The number of aldehydes is 1. The van der Waals surface area contributed by atoms with E-state index in [0.29, 0.717) is 6.29 Å². The Balaban J connectivity index is 2.64. The van der Waals surface area contributed by atoms with Gasteiger partial charge in [-0.25, -0.2) is 9.18 Å². The van der Waals surface area contributed by atoms with E-state index < -0.39 is 59.0 Å². The lowest BCUT2D eigenvalue weighted by atomic mass is 9.82. The van der Waals surface area contributed by atoms with Crippen molar-refractivity contribution in [2.75, 3.05) is 0 Å². The fourth-order valence-corrected chi connectivity index (χ4v) is 5.75. The fourth-order valence-electron chi connectivity index (χ4n) is 3.43. The van der Waals surface area contributed by atoms with E-state index in [-0.39, 0.29) is 10.1 Å². The number of carbonyl (C=O) groups is 1. The molecular weight excluding hydrogens is 463 g/mol. The molecule has 1 N–H and O–H groups in total. The van der Waals surface area contributed by atoms with Gasteiger partial charge in [-0.2, -0.15) is 0 Å². The van der Waals surface area contributed by atoms with Crippen molar-refractivity contribution in [2.24, 2.45) is 0 Å². The zero-order valence-electron chi connectivity index (χ0n) is 21.4. The molecular formula is C22H39FN2O6Si2. The number of aromatic amines is 1. The van der Waals surface area contributed by atoms with Gasteiger partial charge in [0.05, 0.1) is 5.60 Å². The summed E-state index contributed by atoms with van der Waals surface area (Å²) >= 11 is 0. The van der Waals surface area contributed by atoms with E-state index in [2.05, 4.69) is 4.98 Å². The Morgan fingerprint density at radius 1 is 1.18 bits per heavy atom. The lowest BCUT2D eigenvalue weighted by Crippen LogP contribution is -2.64. The number of aromatic nitrogens is 2. The van der Waals surface area contributed by atoms with Crippen molar-refractivity contribution in [3.05, 3.63) is 33.1 Å². The van der Waals surface area contributed by atoms with Crippen LogP contribution in [0.1, 0.15) is 61.6 Å². The first-order valence-electron chi connectivity index (χ1n) is 11.2. The highest BCUT2D eigenvalue weighted by atomic mass is 28.4. The second-order valence-electron chi connectivity index (χ2n) is 12.0. The maximum absolute atomic E-state index is 16.1. The first kappa shape index (κ1) is 27.8. The zero-order chi connectivity index (χ0) is 25.6. The van der Waals surface area contributed by atoms with Crippen molar-refractivity contribution < 1.29 is 22.8 Å². The molecule has 11 heteroatoms. The Morgan fingerprint density at radius 3 is 2.21 bits per heavy atom. The Kier molecular flexibility index (Phi) is 7.58. The normalized spacial score (nSPS) is 27.4. The van der Waals surface area contributed by atoms with Crippen LogP contribution in [0.5, 0.6) is 0 Å². The van der Waals surface area contributed by atoms with Crippen molar-refractivity contribution in [3.8, 4) is 0 Å². The van der Waals surface area contributed by atoms with Crippen LogP contribution in [0.4, 0.5) is 4.39 Å². The average molecular weight is 503 g/mol. The van der Waals surface area contributed by atoms with E-state index in [0.717, 1.165) is 10.6 Å². The summed E-state index contributed by atoms with van der Waals surface area (Å²) in [6.07, 6.45) is -2.89. The van der Waals surface area contributed by atoms with E-state index >= 15 is 4.39 Å². The number of nitrogens with zero attached hydrogens (tertiary/aromatic N) is 1. The molecule has 1 aliphatic rings. The van der Waals surface area contributed by atoms with Gasteiger partial charge in [0.15, 0.2) is 42.4 Å². The molecule has 0 spiro atoms. The van der Waals surface area contributed by atoms with Crippen molar-refractivity contribution in [3.63, 3.8) is 0 Å². The summed E-state index contributed by atoms with van der Waals surface area (Å²) in [5.74, 6) is 0. The third kappa shape index (κ3) is 5.47. The van der Waals surface area contributed by atoms with Gasteiger partial charge in [0.1, 0.15) is 6.10 Å². The van der Waals surface area contributed by atoms with Crippen LogP contribution in [-0.2, 0) is 18.4 Å². The van der Waals surface area contributed by atoms with Crippen LogP contribution < -0.4 is 11.2 Å². The van der Waals surface area contributed by atoms with Crippen LogP contribution in [0.2, 0.25) is 23.2 Å². The minimum Gasteiger partial charge on any atom is -0.415 e. The molecule has 33 heavy (non-hydrogen) atoms. The largest absolute Gasteiger partial charge is 0.415 e. The molecule has 0 amide bonds. The van der Waals surface area contributed by atoms with E-state index in [1.807, 2.05) is 54.6 Å². The molecule has 0 aliphatic carbocycles. The first-order valence-corrected chi connectivity index (χ1v) is 15.4. The summed E-state index contributed by atoms with van der Waals surface area (Å²) in [5.41, 5.74) is -4.47. The highest BCUT2D eigenvalue weighted by Crippen LogP contribution is 2.49. The molecule has 188 valence electrons. The van der Waals surface area contributed by atoms with Gasteiger partial charge in [-0.1, -0.05) is 41.5 Å². The molecule has 2 heterocycles. The van der Waals surface area contributed by atoms with Crippen LogP contribution in [0.3, 0.4) is 0 Å². The molecule has 2 rings (SSSR count). The summed E-state index contributed by atoms with van der Waals surface area (Å²) in [4.78, 5) is 38.8. The van der Waals surface area contributed by atoms with Crippen LogP contribution in [0, 0.1) is 0 Å². The Bertz CT molecular complexity index is 979. The molecule has 1 aliphatic heterocycles. The molecule has 8 nitrogen and oxygen atoms in total. The lowest BCUT2D eigenvalue weighted by Gasteiger charge is -2.47. The highest BCUT2D eigenvalue weighted by Gasteiger charge is 2.66. The standard InChI is InChI=1S/C22H39FN2O6Si2/c1-19(2,3)32-31-21(7,8)22(13-26)16(30-33(9,10)20(4,5)6)15(23)17(29-22)25-12-11-14(27)24-18(25)28/h11-13,15-17H,32H2,1-10H3,(H,24,27,28). The third-order valence-corrected chi connectivity index (χ3v) is 12.8. The molecule has 1 saturated heterocycles. The molecule has 1 aromatic rings. The number of rotatable bonds is 7. The van der Waals surface area contributed by atoms with E-state index in [1.54, 1.807) is 13.8 Å². The van der Waals surface area contributed by atoms with Gasteiger partial charge in [-0.3, -0.25) is 19.1 Å². The molecule has 0 bridgehead atoms. The maximum atomic E-state index is 16.1. The molecule has 0 aromatic carbocycles. The number of H-pyrrole nitrogens is 1. The number of hydrogen-bond donors (Lipinski definition) is 1. The SMILES string of the molecule is CC(C)(C)[SiH2]OC(C)(C)C1(C=O)OC(n2ccc(=O)[nH]c2=O)C(F)C1O[Si](C)(C)C(C)(C)C. The smallest absolute Gasteiger partial charge is 0.330 e. The number of hydrogen-bond acceptors (Lipinski definition) is 6. The lowest BCUT2D eigenvalue weighted by molar-refractivity contribution is -0.185. The zero-order valence-corrected chi connectivity index (χ0v) is 23.9. The van der Waals surface area contributed by atoms with Crippen molar-refractivity contribution >= 4 is 24.4 Å². The van der Waals surface area contributed by atoms with Gasteiger partial charge in [-0.05, 0) is 37.0 Å². The Labute approximate surface area is 198 Å². The molecule has 0 saturated carbocycles. The summed E-state index contributed by atoms with van der Waals surface area (Å²) < 4.78 is 36.0. The van der Waals surface area contributed by atoms with Crippen molar-refractivity contribution in [2.45, 2.75) is 108 Å². The molecule has 4 unspecified atom stereocenters. The van der Waals surface area contributed by atoms with Gasteiger partial charge in [0.25, 0.3) is 5.56 Å². The van der Waals surface area contributed by atoms with Crippen LogP contribution in [0.15, 0.2) is 21.9 Å². The van der Waals surface area contributed by atoms with Gasteiger partial charge < -0.3 is 13.6 Å². The predicted octanol–water partition coefficient (Wildman–Crippen LogP) is 2.83. The van der Waals surface area contributed by atoms with Gasteiger partial charge in [0.2, 0.25) is 0 Å². The van der Waals surface area contributed by atoms with E-state index in [9.17, 15) is 14.4 Å². The number of halogens is 1. The summed E-state index contributed by atoms with van der Waals surface area (Å²) in [5, 5.41) is -0.348. The second kappa shape index (κ2) is 8.99. The summed E-state index contributed by atoms with van der Waals surface area (Å²) in [6.45, 7) is 19.5. The predicted molar refractivity (Wildman–Crippen MR) is 131 cm³/mol. The second-order valence-corrected chi connectivity index (χ2v) is 19.5. The fraction of sp³-hybridized carbons (Fsp3) is 0.773. The summed E-state index contributed by atoms with van der Waals surface area (Å²) in [6, 6.07) is 1.11. The molecule has 0 radical (unpaired) electrons. The number of nitrogens with one attached hydrogen (secondary N) is 1. The van der Waals surface area contributed by atoms with Crippen molar-refractivity contribution in [1.82, 2.24) is 9.55 Å². The molecule has 4 atom stereocenters. The van der Waals surface area contributed by atoms with Gasteiger partial charge in [0, 0.05) is 12.3 Å². The van der Waals surface area contributed by atoms with Crippen LogP contribution in [-0.4, -0.2) is 57.4 Å². The Hall–Kier alpha value is -1.41. The topological polar surface area (TPSA) is 99.6 Å². The highest BCUT2D eigenvalue weighted by molar-refractivity contribution is 6.74. The number of alkyl halides is 1. The van der Waals surface area contributed by atoms with Crippen LogP contribution >= 0.6 is 0 Å². The van der Waals surface area contributed by atoms with E-state index in [1.165, 1.54) is 6.20 Å². The quantitative estimate of drug-likeness (QED) is 0.455.